The first-order valence-corrected chi connectivity index (χ1v) is 7.68. The highest BCUT2D eigenvalue weighted by atomic mass is 14.7. The number of pyridine rings is 1. The number of nitrogens with zero attached hydrogens (tertiary/aromatic N) is 1. The molecule has 0 aliphatic heterocycles. The van der Waals surface area contributed by atoms with Gasteiger partial charge in [-0.2, -0.15) is 0 Å². The Morgan fingerprint density at radius 1 is 1.11 bits per heavy atom. The third kappa shape index (κ3) is 2.97. The minimum absolute atomic E-state index is 0.947. The van der Waals surface area contributed by atoms with Crippen molar-refractivity contribution in [2.45, 2.75) is 51.9 Å². The summed E-state index contributed by atoms with van der Waals surface area (Å²) in [6.45, 7) is 2.20. The van der Waals surface area contributed by atoms with Crippen molar-refractivity contribution in [2.24, 2.45) is 5.92 Å². The van der Waals surface area contributed by atoms with Gasteiger partial charge in [0.1, 0.15) is 0 Å². The number of aryl methyl sites for hydroxylation is 2. The van der Waals surface area contributed by atoms with E-state index in [1.54, 1.807) is 0 Å². The molecule has 100 valence electrons. The third-order valence-electron chi connectivity index (χ3n) is 4.51. The molecule has 0 unspecified atom stereocenters. The summed E-state index contributed by atoms with van der Waals surface area (Å²) in [7, 11) is 0. The van der Waals surface area contributed by atoms with E-state index in [1.165, 1.54) is 55.2 Å². The van der Waals surface area contributed by atoms with E-state index < -0.39 is 0 Å². The predicted octanol–water partition coefficient (Wildman–Crippen LogP) is 5.06. The Morgan fingerprint density at radius 2 is 1.89 bits per heavy atom. The van der Waals surface area contributed by atoms with Crippen LogP contribution in [-0.2, 0) is 6.42 Å². The monoisotopic (exact) mass is 253 g/mol. The third-order valence-corrected chi connectivity index (χ3v) is 4.51. The van der Waals surface area contributed by atoms with Gasteiger partial charge in [0.2, 0.25) is 0 Å². The van der Waals surface area contributed by atoms with Gasteiger partial charge in [0.25, 0.3) is 0 Å². The molecule has 1 nitrogen and oxygen atoms in total. The zero-order valence-electron chi connectivity index (χ0n) is 11.9. The van der Waals surface area contributed by atoms with E-state index in [2.05, 4.69) is 37.3 Å². The van der Waals surface area contributed by atoms with Crippen LogP contribution in [0.5, 0.6) is 0 Å². The Hall–Kier alpha value is -1.37. The number of fused-ring (bicyclic) bond motifs is 1. The van der Waals surface area contributed by atoms with Crippen LogP contribution in [0.25, 0.3) is 10.9 Å². The Kier molecular flexibility index (Phi) is 3.82. The highest BCUT2D eigenvalue weighted by Gasteiger charge is 2.13. The zero-order valence-corrected chi connectivity index (χ0v) is 11.9. The molecule has 1 heteroatoms. The van der Waals surface area contributed by atoms with Crippen molar-refractivity contribution in [1.82, 2.24) is 4.98 Å². The predicted molar refractivity (Wildman–Crippen MR) is 81.4 cm³/mol. The van der Waals surface area contributed by atoms with Gasteiger partial charge in [0.05, 0.1) is 5.52 Å². The quantitative estimate of drug-likeness (QED) is 0.745. The first-order chi connectivity index (χ1) is 9.33. The lowest BCUT2D eigenvalue weighted by molar-refractivity contribution is 0.338. The van der Waals surface area contributed by atoms with Crippen molar-refractivity contribution >= 4 is 10.9 Å². The number of aromatic nitrogens is 1. The highest BCUT2D eigenvalue weighted by molar-refractivity contribution is 5.81. The molecule has 1 aromatic carbocycles. The van der Waals surface area contributed by atoms with E-state index in [0.717, 1.165) is 17.9 Å². The fourth-order valence-electron chi connectivity index (χ4n) is 3.38. The van der Waals surface area contributed by atoms with Crippen LogP contribution in [0.1, 0.15) is 49.8 Å². The van der Waals surface area contributed by atoms with Crippen molar-refractivity contribution in [2.75, 3.05) is 0 Å². The van der Waals surface area contributed by atoms with E-state index in [4.69, 9.17) is 4.98 Å². The van der Waals surface area contributed by atoms with Gasteiger partial charge in [0, 0.05) is 11.1 Å². The molecule has 1 aliphatic carbocycles. The van der Waals surface area contributed by atoms with Crippen LogP contribution in [0, 0.1) is 12.8 Å². The second kappa shape index (κ2) is 5.73. The first kappa shape index (κ1) is 12.7. The molecule has 1 aliphatic rings. The molecule has 0 amide bonds. The lowest BCUT2D eigenvalue weighted by atomic mass is 9.85. The molecular formula is C18H23N. The maximum atomic E-state index is 4.82. The van der Waals surface area contributed by atoms with E-state index in [0.29, 0.717) is 0 Å². The smallest absolute Gasteiger partial charge is 0.0707 e. The van der Waals surface area contributed by atoms with Gasteiger partial charge in [-0.05, 0) is 43.4 Å². The van der Waals surface area contributed by atoms with Crippen LogP contribution in [-0.4, -0.2) is 4.98 Å². The average Bonchev–Trinajstić information content (AvgIpc) is 2.46. The molecule has 0 radical (unpaired) electrons. The summed E-state index contributed by atoms with van der Waals surface area (Å²) in [5, 5.41) is 1.30. The second-order valence-electron chi connectivity index (χ2n) is 5.99. The van der Waals surface area contributed by atoms with Crippen LogP contribution in [0.4, 0.5) is 0 Å². The minimum Gasteiger partial charge on any atom is -0.253 e. The Bertz CT molecular complexity index is 553. The van der Waals surface area contributed by atoms with Gasteiger partial charge >= 0.3 is 0 Å². The van der Waals surface area contributed by atoms with E-state index in [9.17, 15) is 0 Å². The van der Waals surface area contributed by atoms with Crippen molar-refractivity contribution in [3.8, 4) is 0 Å². The standard InChI is InChI=1S/C18H23N/c1-14-13-16(12-11-15-7-3-2-4-8-15)19-18-10-6-5-9-17(14)18/h5-6,9-10,13,15H,2-4,7-8,11-12H2,1H3. The van der Waals surface area contributed by atoms with Crippen molar-refractivity contribution in [1.29, 1.82) is 0 Å². The van der Waals surface area contributed by atoms with Crippen LogP contribution in [0.2, 0.25) is 0 Å². The number of hydrogen-bond donors (Lipinski definition) is 0. The Morgan fingerprint density at radius 3 is 2.74 bits per heavy atom. The average molecular weight is 253 g/mol. The highest BCUT2D eigenvalue weighted by Crippen LogP contribution is 2.27. The lowest BCUT2D eigenvalue weighted by Gasteiger charge is -2.21. The molecule has 2 aromatic rings. The van der Waals surface area contributed by atoms with Gasteiger partial charge < -0.3 is 0 Å². The van der Waals surface area contributed by atoms with Gasteiger partial charge in [-0.15, -0.1) is 0 Å². The second-order valence-corrected chi connectivity index (χ2v) is 5.99. The summed E-state index contributed by atoms with van der Waals surface area (Å²) in [6, 6.07) is 10.8. The van der Waals surface area contributed by atoms with Crippen LogP contribution in [0.15, 0.2) is 30.3 Å². The SMILES string of the molecule is Cc1cc(CCC2CCCCC2)nc2ccccc12. The van der Waals surface area contributed by atoms with Crippen molar-refractivity contribution in [3.05, 3.63) is 41.6 Å². The number of para-hydroxylation sites is 1. The molecule has 1 fully saturated rings. The van der Waals surface area contributed by atoms with E-state index >= 15 is 0 Å². The van der Waals surface area contributed by atoms with Crippen molar-refractivity contribution < 1.29 is 0 Å². The van der Waals surface area contributed by atoms with Crippen LogP contribution < -0.4 is 0 Å². The molecular weight excluding hydrogens is 230 g/mol. The Balaban J connectivity index is 1.73. The van der Waals surface area contributed by atoms with Crippen LogP contribution in [0.3, 0.4) is 0 Å². The maximum absolute atomic E-state index is 4.82. The largest absolute Gasteiger partial charge is 0.253 e. The normalized spacial score (nSPS) is 16.9. The maximum Gasteiger partial charge on any atom is 0.0707 e. The summed E-state index contributed by atoms with van der Waals surface area (Å²) in [6.07, 6.45) is 9.67. The molecule has 3 rings (SSSR count). The molecule has 1 heterocycles. The van der Waals surface area contributed by atoms with Gasteiger partial charge in [-0.25, -0.2) is 0 Å². The molecule has 0 saturated heterocycles. The van der Waals surface area contributed by atoms with Crippen molar-refractivity contribution in [3.63, 3.8) is 0 Å². The summed E-state index contributed by atoms with van der Waals surface area (Å²) < 4.78 is 0. The molecule has 0 spiro atoms. The molecule has 0 N–H and O–H groups in total. The van der Waals surface area contributed by atoms with E-state index in [1.807, 2.05) is 0 Å². The summed E-state index contributed by atoms with van der Waals surface area (Å²) in [5.74, 6) is 0.947. The molecule has 0 bridgehead atoms. The summed E-state index contributed by atoms with van der Waals surface area (Å²) in [4.78, 5) is 4.82. The zero-order chi connectivity index (χ0) is 13.1. The molecule has 19 heavy (non-hydrogen) atoms. The van der Waals surface area contributed by atoms with E-state index in [-0.39, 0.29) is 0 Å². The van der Waals surface area contributed by atoms with Gasteiger partial charge in [-0.3, -0.25) is 4.98 Å². The number of hydrogen-bond acceptors (Lipinski definition) is 1. The molecule has 1 saturated carbocycles. The summed E-state index contributed by atoms with van der Waals surface area (Å²) in [5.41, 5.74) is 3.80. The summed E-state index contributed by atoms with van der Waals surface area (Å²) >= 11 is 0. The van der Waals surface area contributed by atoms with Gasteiger partial charge in [-0.1, -0.05) is 50.3 Å². The Labute approximate surface area is 116 Å². The molecule has 0 atom stereocenters. The topological polar surface area (TPSA) is 12.9 Å². The fourth-order valence-corrected chi connectivity index (χ4v) is 3.38. The fraction of sp³-hybridized carbons (Fsp3) is 0.500. The number of rotatable bonds is 3. The van der Waals surface area contributed by atoms with Gasteiger partial charge in [0.15, 0.2) is 0 Å². The molecule has 1 aromatic heterocycles. The van der Waals surface area contributed by atoms with Crippen LogP contribution >= 0.6 is 0 Å². The minimum atomic E-state index is 0.947. The number of benzene rings is 1. The lowest BCUT2D eigenvalue weighted by Crippen LogP contribution is -2.08. The first-order valence-electron chi connectivity index (χ1n) is 7.68.